The monoisotopic (exact) mass is 153 g/mol. The van der Waals surface area contributed by atoms with Crippen LogP contribution in [-0.2, 0) is 0 Å². The van der Waals surface area contributed by atoms with Crippen LogP contribution >= 0.6 is 12.4 Å². The molecule has 3 heteroatoms. The summed E-state index contributed by atoms with van der Waals surface area (Å²) in [6.07, 6.45) is 3.98. The molecule has 0 amide bonds. The van der Waals surface area contributed by atoms with Crippen LogP contribution in [0.4, 0.5) is 4.39 Å². The largest absolute Gasteiger partial charge is 0.323 e. The van der Waals surface area contributed by atoms with Crippen molar-refractivity contribution in [1.29, 1.82) is 0 Å². The minimum Gasteiger partial charge on any atom is -0.323 e. The van der Waals surface area contributed by atoms with Gasteiger partial charge in [0.1, 0.15) is 6.67 Å². The van der Waals surface area contributed by atoms with Gasteiger partial charge in [0.05, 0.1) is 0 Å². The van der Waals surface area contributed by atoms with Crippen LogP contribution in [0.1, 0.15) is 25.7 Å². The van der Waals surface area contributed by atoms with Gasteiger partial charge in [-0.1, -0.05) is 12.8 Å². The van der Waals surface area contributed by atoms with Gasteiger partial charge >= 0.3 is 0 Å². The van der Waals surface area contributed by atoms with Gasteiger partial charge in [0.2, 0.25) is 0 Å². The molecule has 0 saturated heterocycles. The first-order valence-electron chi connectivity index (χ1n) is 3.12. The van der Waals surface area contributed by atoms with Gasteiger partial charge in [-0.25, -0.2) is 4.39 Å². The van der Waals surface area contributed by atoms with Crippen LogP contribution in [0.25, 0.3) is 0 Å². The third-order valence-electron chi connectivity index (χ3n) is 1.87. The molecule has 0 atom stereocenters. The van der Waals surface area contributed by atoms with Crippen molar-refractivity contribution in [3.05, 3.63) is 0 Å². The first-order valence-corrected chi connectivity index (χ1v) is 3.12. The molecule has 0 heterocycles. The third-order valence-corrected chi connectivity index (χ3v) is 1.87. The van der Waals surface area contributed by atoms with E-state index in [0.717, 1.165) is 25.7 Å². The van der Waals surface area contributed by atoms with Gasteiger partial charge in [-0.15, -0.1) is 12.4 Å². The van der Waals surface area contributed by atoms with E-state index in [1.165, 1.54) is 0 Å². The fraction of sp³-hybridized carbons (Fsp3) is 1.00. The van der Waals surface area contributed by atoms with E-state index < -0.39 is 5.54 Å². The molecule has 1 saturated carbocycles. The van der Waals surface area contributed by atoms with Crippen molar-refractivity contribution in [3.8, 4) is 0 Å². The Morgan fingerprint density at radius 3 is 2.00 bits per heavy atom. The highest BCUT2D eigenvalue weighted by atomic mass is 35.5. The Hall–Kier alpha value is 0.180. The summed E-state index contributed by atoms with van der Waals surface area (Å²) in [6.45, 7) is -0.340. The summed E-state index contributed by atoms with van der Waals surface area (Å²) in [7, 11) is 0. The van der Waals surface area contributed by atoms with Crippen LogP contribution in [0.15, 0.2) is 0 Å². The minimum absolute atomic E-state index is 0. The number of rotatable bonds is 1. The van der Waals surface area contributed by atoms with Gasteiger partial charge in [0.15, 0.2) is 0 Å². The first kappa shape index (κ1) is 9.18. The van der Waals surface area contributed by atoms with Crippen molar-refractivity contribution < 1.29 is 4.39 Å². The summed E-state index contributed by atoms with van der Waals surface area (Å²) in [5.74, 6) is 0. The Morgan fingerprint density at radius 1 is 1.33 bits per heavy atom. The lowest BCUT2D eigenvalue weighted by Crippen LogP contribution is -2.38. The van der Waals surface area contributed by atoms with Crippen LogP contribution in [0, 0.1) is 0 Å². The summed E-state index contributed by atoms with van der Waals surface area (Å²) in [5, 5.41) is 0. The molecule has 0 unspecified atom stereocenters. The Balaban J connectivity index is 0.000000640. The molecule has 1 rings (SSSR count). The summed E-state index contributed by atoms with van der Waals surface area (Å²) in [5.41, 5.74) is 5.15. The Morgan fingerprint density at radius 2 is 1.78 bits per heavy atom. The van der Waals surface area contributed by atoms with Crippen LogP contribution in [0.2, 0.25) is 0 Å². The predicted molar refractivity (Wildman–Crippen MR) is 38.6 cm³/mol. The lowest BCUT2D eigenvalue weighted by molar-refractivity contribution is 0.312. The summed E-state index contributed by atoms with van der Waals surface area (Å²) < 4.78 is 12.0. The van der Waals surface area contributed by atoms with Gasteiger partial charge in [-0.2, -0.15) is 0 Å². The molecule has 0 aromatic heterocycles. The second-order valence-corrected chi connectivity index (χ2v) is 2.70. The molecule has 0 aliphatic heterocycles. The third kappa shape index (κ3) is 2.11. The summed E-state index contributed by atoms with van der Waals surface area (Å²) >= 11 is 0. The summed E-state index contributed by atoms with van der Waals surface area (Å²) in [4.78, 5) is 0. The summed E-state index contributed by atoms with van der Waals surface area (Å²) in [6, 6.07) is 0. The lowest BCUT2D eigenvalue weighted by Gasteiger charge is -2.17. The predicted octanol–water partition coefficient (Wildman–Crippen LogP) is 1.65. The maximum Gasteiger partial charge on any atom is 0.107 e. The minimum atomic E-state index is -0.431. The van der Waals surface area contributed by atoms with Gasteiger partial charge in [-0.05, 0) is 12.8 Å². The molecule has 0 bridgehead atoms. The van der Waals surface area contributed by atoms with Crippen LogP contribution in [0.3, 0.4) is 0 Å². The lowest BCUT2D eigenvalue weighted by atomic mass is 10.0. The van der Waals surface area contributed by atoms with E-state index in [2.05, 4.69) is 0 Å². The molecule has 56 valence electrons. The Labute approximate surface area is 61.2 Å². The smallest absolute Gasteiger partial charge is 0.107 e. The van der Waals surface area contributed by atoms with E-state index in [9.17, 15) is 4.39 Å². The van der Waals surface area contributed by atoms with Gasteiger partial charge in [-0.3, -0.25) is 0 Å². The first-order chi connectivity index (χ1) is 3.77. The van der Waals surface area contributed by atoms with E-state index in [4.69, 9.17) is 5.73 Å². The molecule has 0 radical (unpaired) electrons. The molecule has 1 aliphatic rings. The van der Waals surface area contributed by atoms with Gasteiger partial charge < -0.3 is 5.73 Å². The molecule has 1 fully saturated rings. The zero-order valence-electron chi connectivity index (χ0n) is 5.40. The standard InChI is InChI=1S/C6H12FN.ClH/c7-5-6(8)3-1-2-4-6;/h1-5,8H2;1H. The van der Waals surface area contributed by atoms with Crippen molar-refractivity contribution in [3.63, 3.8) is 0 Å². The van der Waals surface area contributed by atoms with E-state index in [1.54, 1.807) is 0 Å². The fourth-order valence-corrected chi connectivity index (χ4v) is 1.21. The van der Waals surface area contributed by atoms with Crippen LogP contribution in [0.5, 0.6) is 0 Å². The number of nitrogens with two attached hydrogens (primary N) is 1. The van der Waals surface area contributed by atoms with Crippen molar-refractivity contribution >= 4 is 12.4 Å². The Bertz CT molecular complexity index is 81.1. The molecule has 1 nitrogen and oxygen atoms in total. The normalized spacial score (nSPS) is 23.3. The van der Waals surface area contributed by atoms with Crippen molar-refractivity contribution in [2.45, 2.75) is 31.2 Å². The number of alkyl halides is 1. The average Bonchev–Trinajstić information content (AvgIpc) is 2.17. The molecule has 2 N–H and O–H groups in total. The van der Waals surface area contributed by atoms with Crippen molar-refractivity contribution in [2.24, 2.45) is 5.73 Å². The zero-order valence-corrected chi connectivity index (χ0v) is 6.22. The van der Waals surface area contributed by atoms with Gasteiger partial charge in [0, 0.05) is 5.54 Å². The van der Waals surface area contributed by atoms with Gasteiger partial charge in [0.25, 0.3) is 0 Å². The quantitative estimate of drug-likeness (QED) is 0.609. The number of hydrogen-bond acceptors (Lipinski definition) is 1. The van der Waals surface area contributed by atoms with Crippen LogP contribution < -0.4 is 5.73 Å². The molecule has 0 aromatic rings. The highest BCUT2D eigenvalue weighted by molar-refractivity contribution is 5.85. The number of halogens is 2. The average molecular weight is 154 g/mol. The second kappa shape index (κ2) is 3.37. The number of hydrogen-bond donors (Lipinski definition) is 1. The molecular weight excluding hydrogens is 141 g/mol. The van der Waals surface area contributed by atoms with E-state index in [-0.39, 0.29) is 19.1 Å². The van der Waals surface area contributed by atoms with E-state index in [1.807, 2.05) is 0 Å². The molecule has 9 heavy (non-hydrogen) atoms. The van der Waals surface area contributed by atoms with Crippen molar-refractivity contribution in [1.82, 2.24) is 0 Å². The SMILES string of the molecule is Cl.NC1(CF)CCCC1. The molecule has 0 aromatic carbocycles. The second-order valence-electron chi connectivity index (χ2n) is 2.70. The zero-order chi connectivity index (χ0) is 6.04. The van der Waals surface area contributed by atoms with E-state index >= 15 is 0 Å². The maximum absolute atomic E-state index is 12.0. The highest BCUT2D eigenvalue weighted by Gasteiger charge is 2.28. The maximum atomic E-state index is 12.0. The Kier molecular flexibility index (Phi) is 3.44. The molecule has 0 spiro atoms. The van der Waals surface area contributed by atoms with Crippen LogP contribution in [-0.4, -0.2) is 12.2 Å². The fourth-order valence-electron chi connectivity index (χ4n) is 1.21. The molecular formula is C6H13ClFN. The topological polar surface area (TPSA) is 26.0 Å². The van der Waals surface area contributed by atoms with Crippen molar-refractivity contribution in [2.75, 3.05) is 6.67 Å². The highest BCUT2D eigenvalue weighted by Crippen LogP contribution is 2.26. The molecule has 1 aliphatic carbocycles. The van der Waals surface area contributed by atoms with E-state index in [0.29, 0.717) is 0 Å².